The van der Waals surface area contributed by atoms with E-state index in [1.165, 1.54) is 11.3 Å². The second-order valence-corrected chi connectivity index (χ2v) is 7.18. The highest BCUT2D eigenvalue weighted by molar-refractivity contribution is 7.14. The van der Waals surface area contributed by atoms with Crippen molar-refractivity contribution in [2.45, 2.75) is 0 Å². The van der Waals surface area contributed by atoms with Crippen molar-refractivity contribution in [2.24, 2.45) is 0 Å². The van der Waals surface area contributed by atoms with Gasteiger partial charge in [-0.25, -0.2) is 4.79 Å². The lowest BCUT2D eigenvalue weighted by atomic mass is 10.3. The fraction of sp³-hybridized carbons (Fsp3) is 0.471. The molecule has 26 heavy (non-hydrogen) atoms. The van der Waals surface area contributed by atoms with Gasteiger partial charge < -0.3 is 19.4 Å². The highest BCUT2D eigenvalue weighted by Crippen LogP contribution is 2.19. The summed E-state index contributed by atoms with van der Waals surface area (Å²) in [5, 5.41) is 14.5. The van der Waals surface area contributed by atoms with Gasteiger partial charge >= 0.3 is 6.03 Å². The first-order valence-corrected chi connectivity index (χ1v) is 9.68. The smallest absolute Gasteiger partial charge is 0.322 e. The molecule has 2 saturated heterocycles. The molecule has 4 rings (SSSR count). The minimum Gasteiger partial charge on any atom is -0.378 e. The summed E-state index contributed by atoms with van der Waals surface area (Å²) in [6.07, 6.45) is 0. The number of ether oxygens (including phenoxy) is 1. The molecule has 0 aliphatic carbocycles. The molecule has 2 aliphatic rings. The SMILES string of the molecule is O=C(Nc1cccs1)N1CCN(c2ccc(N3CCOCC3)nn2)CC1. The molecule has 4 heterocycles. The third kappa shape index (κ3) is 3.88. The number of anilines is 3. The van der Waals surface area contributed by atoms with Crippen LogP contribution in [0.15, 0.2) is 29.6 Å². The van der Waals surface area contributed by atoms with Gasteiger partial charge in [-0.05, 0) is 29.6 Å². The van der Waals surface area contributed by atoms with Crippen LogP contribution in [0.25, 0.3) is 0 Å². The van der Waals surface area contributed by atoms with E-state index in [1.54, 1.807) is 0 Å². The van der Waals surface area contributed by atoms with Crippen LogP contribution in [-0.4, -0.2) is 73.6 Å². The third-order valence-corrected chi connectivity index (χ3v) is 5.40. The Balaban J connectivity index is 1.30. The Morgan fingerprint density at radius 2 is 1.62 bits per heavy atom. The van der Waals surface area contributed by atoms with Gasteiger partial charge in [-0.2, -0.15) is 0 Å². The normalized spacial score (nSPS) is 18.1. The first kappa shape index (κ1) is 17.0. The van der Waals surface area contributed by atoms with Crippen molar-refractivity contribution < 1.29 is 9.53 Å². The van der Waals surface area contributed by atoms with Crippen molar-refractivity contribution in [1.82, 2.24) is 15.1 Å². The summed E-state index contributed by atoms with van der Waals surface area (Å²) in [6.45, 7) is 6.02. The van der Waals surface area contributed by atoms with Crippen LogP contribution in [0.3, 0.4) is 0 Å². The van der Waals surface area contributed by atoms with Gasteiger partial charge in [-0.1, -0.05) is 0 Å². The number of urea groups is 1. The zero-order chi connectivity index (χ0) is 17.8. The minimum atomic E-state index is -0.0409. The molecule has 0 spiro atoms. The van der Waals surface area contributed by atoms with E-state index in [4.69, 9.17) is 4.74 Å². The lowest BCUT2D eigenvalue weighted by molar-refractivity contribution is 0.122. The highest BCUT2D eigenvalue weighted by atomic mass is 32.1. The fourth-order valence-electron chi connectivity index (χ4n) is 3.12. The average Bonchev–Trinajstić information content (AvgIpc) is 3.22. The molecule has 0 bridgehead atoms. The lowest BCUT2D eigenvalue weighted by Crippen LogP contribution is -2.50. The van der Waals surface area contributed by atoms with Crippen molar-refractivity contribution in [3.63, 3.8) is 0 Å². The van der Waals surface area contributed by atoms with E-state index in [1.807, 2.05) is 34.5 Å². The van der Waals surface area contributed by atoms with E-state index in [2.05, 4.69) is 25.3 Å². The standard InChI is InChI=1S/C17H22N6O2S/c24-17(18-16-2-1-13-26-16)23-7-5-21(6-8-23)14-3-4-15(20-19-14)22-9-11-25-12-10-22/h1-4,13H,5-12H2,(H,18,24). The Hall–Kier alpha value is -2.39. The number of nitrogens with zero attached hydrogens (tertiary/aromatic N) is 5. The number of thiophene rings is 1. The molecule has 1 N–H and O–H groups in total. The first-order valence-electron chi connectivity index (χ1n) is 8.80. The van der Waals surface area contributed by atoms with Crippen LogP contribution in [0.4, 0.5) is 21.4 Å². The van der Waals surface area contributed by atoms with Crippen molar-refractivity contribution in [2.75, 3.05) is 67.6 Å². The molecule has 0 atom stereocenters. The zero-order valence-corrected chi connectivity index (χ0v) is 15.3. The number of nitrogens with one attached hydrogen (secondary N) is 1. The molecule has 9 heteroatoms. The van der Waals surface area contributed by atoms with Gasteiger partial charge in [0, 0.05) is 39.3 Å². The molecule has 2 aliphatic heterocycles. The zero-order valence-electron chi connectivity index (χ0n) is 14.5. The average molecular weight is 374 g/mol. The molecule has 2 aromatic rings. The van der Waals surface area contributed by atoms with Crippen LogP contribution < -0.4 is 15.1 Å². The Kier molecular flexibility index (Phi) is 5.16. The van der Waals surface area contributed by atoms with E-state index in [9.17, 15) is 4.79 Å². The van der Waals surface area contributed by atoms with Crippen molar-refractivity contribution >= 4 is 34.0 Å². The molecule has 0 unspecified atom stereocenters. The number of hydrogen-bond acceptors (Lipinski definition) is 7. The first-order chi connectivity index (χ1) is 12.8. The Morgan fingerprint density at radius 3 is 2.19 bits per heavy atom. The van der Waals surface area contributed by atoms with Crippen molar-refractivity contribution in [3.05, 3.63) is 29.6 Å². The molecule has 0 radical (unpaired) electrons. The summed E-state index contributed by atoms with van der Waals surface area (Å²) in [7, 11) is 0. The van der Waals surface area contributed by atoms with Crippen LogP contribution in [-0.2, 0) is 4.74 Å². The maximum Gasteiger partial charge on any atom is 0.322 e. The van der Waals surface area contributed by atoms with Gasteiger partial charge in [0.05, 0.1) is 18.2 Å². The van der Waals surface area contributed by atoms with E-state index in [0.717, 1.165) is 56.0 Å². The number of morpholine rings is 1. The largest absolute Gasteiger partial charge is 0.378 e. The second kappa shape index (κ2) is 7.88. The topological polar surface area (TPSA) is 73.8 Å². The Bertz CT molecular complexity index is 709. The number of carbonyl (C=O) groups excluding carboxylic acids is 1. The quantitative estimate of drug-likeness (QED) is 0.882. The highest BCUT2D eigenvalue weighted by Gasteiger charge is 2.22. The van der Waals surface area contributed by atoms with E-state index in [0.29, 0.717) is 13.1 Å². The maximum atomic E-state index is 12.3. The predicted octanol–water partition coefficient (Wildman–Crippen LogP) is 1.73. The van der Waals surface area contributed by atoms with Crippen LogP contribution >= 0.6 is 11.3 Å². The number of aromatic nitrogens is 2. The summed E-state index contributed by atoms with van der Waals surface area (Å²) in [5.41, 5.74) is 0. The van der Waals surface area contributed by atoms with Gasteiger partial charge in [0.25, 0.3) is 0 Å². The van der Waals surface area contributed by atoms with E-state index < -0.39 is 0 Å². The molecule has 2 aromatic heterocycles. The fourth-order valence-corrected chi connectivity index (χ4v) is 3.73. The molecule has 0 saturated carbocycles. The molecule has 138 valence electrons. The van der Waals surface area contributed by atoms with Crippen LogP contribution in [0.1, 0.15) is 0 Å². The summed E-state index contributed by atoms with van der Waals surface area (Å²) >= 11 is 1.53. The molecular formula is C17H22N6O2S. The van der Waals surface area contributed by atoms with Crippen LogP contribution in [0.5, 0.6) is 0 Å². The number of carbonyl (C=O) groups is 1. The maximum absolute atomic E-state index is 12.3. The molecule has 2 fully saturated rings. The number of amides is 2. The second-order valence-electron chi connectivity index (χ2n) is 6.23. The minimum absolute atomic E-state index is 0.0409. The molecule has 2 amide bonds. The van der Waals surface area contributed by atoms with Gasteiger partial charge in [0.1, 0.15) is 0 Å². The molecule has 0 aromatic carbocycles. The number of hydrogen-bond donors (Lipinski definition) is 1. The van der Waals surface area contributed by atoms with Gasteiger partial charge in [-0.3, -0.25) is 5.32 Å². The molecular weight excluding hydrogens is 352 g/mol. The number of piperazine rings is 1. The summed E-state index contributed by atoms with van der Waals surface area (Å²) in [4.78, 5) is 18.5. The van der Waals surface area contributed by atoms with Crippen molar-refractivity contribution in [1.29, 1.82) is 0 Å². The number of rotatable bonds is 3. The van der Waals surface area contributed by atoms with Gasteiger partial charge in [0.15, 0.2) is 11.6 Å². The summed E-state index contributed by atoms with van der Waals surface area (Å²) in [5.74, 6) is 1.76. The predicted molar refractivity (Wildman–Crippen MR) is 102 cm³/mol. The van der Waals surface area contributed by atoms with Gasteiger partial charge in [0.2, 0.25) is 0 Å². The molecule has 8 nitrogen and oxygen atoms in total. The summed E-state index contributed by atoms with van der Waals surface area (Å²) in [6, 6.07) is 7.82. The van der Waals surface area contributed by atoms with E-state index in [-0.39, 0.29) is 6.03 Å². The van der Waals surface area contributed by atoms with Gasteiger partial charge in [-0.15, -0.1) is 21.5 Å². The third-order valence-electron chi connectivity index (χ3n) is 4.61. The van der Waals surface area contributed by atoms with Crippen molar-refractivity contribution in [3.8, 4) is 0 Å². The lowest BCUT2D eigenvalue weighted by Gasteiger charge is -2.35. The van der Waals surface area contributed by atoms with E-state index >= 15 is 0 Å². The van der Waals surface area contributed by atoms with Crippen LogP contribution in [0, 0.1) is 0 Å². The van der Waals surface area contributed by atoms with Crippen LogP contribution in [0.2, 0.25) is 0 Å². The Morgan fingerprint density at radius 1 is 0.962 bits per heavy atom. The summed E-state index contributed by atoms with van der Waals surface area (Å²) < 4.78 is 5.37. The Labute approximate surface area is 156 Å². The monoisotopic (exact) mass is 374 g/mol.